The third-order valence-electron chi connectivity index (χ3n) is 4.35. The molecule has 10 heteroatoms. The average molecular weight is 410 g/mol. The van der Waals surface area contributed by atoms with E-state index in [0.717, 1.165) is 24.2 Å². The van der Waals surface area contributed by atoms with Crippen LogP contribution in [0.3, 0.4) is 0 Å². The second kappa shape index (κ2) is 8.10. The molecule has 2 aliphatic rings. The molecule has 0 bridgehead atoms. The van der Waals surface area contributed by atoms with Gasteiger partial charge in [-0.25, -0.2) is 0 Å². The van der Waals surface area contributed by atoms with Crippen LogP contribution in [0.2, 0.25) is 5.02 Å². The minimum Gasteiger partial charge on any atom is -0.341 e. The van der Waals surface area contributed by atoms with Crippen LogP contribution in [0.1, 0.15) is 24.8 Å². The molecular weight excluding hydrogens is 394 g/mol. The normalized spacial score (nSPS) is 19.1. The number of carbonyl (C=O) groups is 3. The lowest BCUT2D eigenvalue weighted by Gasteiger charge is -2.27. The van der Waals surface area contributed by atoms with Crippen LogP contribution in [0.4, 0.5) is 10.5 Å². The number of carbonyl (C=O) groups excluding carboxylic acids is 3. The largest absolute Gasteiger partial charge is 0.341 e. The van der Waals surface area contributed by atoms with E-state index in [-0.39, 0.29) is 33.6 Å². The Balaban J connectivity index is 1.77. The van der Waals surface area contributed by atoms with Crippen LogP contribution in [0.5, 0.6) is 0 Å². The standard InChI is InChI=1S/C17H16ClN3O5S/c18-13-5-4-12(21(25)26)8-11(13)9-14-16(23)20(17(24)27-14)10-15(22)19-6-2-1-3-7-19/h4-5,8-9H,1-3,6-7,10H2/b14-9-. The summed E-state index contributed by atoms with van der Waals surface area (Å²) in [6, 6.07) is 3.84. The summed E-state index contributed by atoms with van der Waals surface area (Å²) in [7, 11) is 0. The Morgan fingerprint density at radius 1 is 1.26 bits per heavy atom. The second-order valence-corrected chi connectivity index (χ2v) is 7.57. The van der Waals surface area contributed by atoms with Crippen LogP contribution in [0, 0.1) is 10.1 Å². The van der Waals surface area contributed by atoms with Gasteiger partial charge in [-0.2, -0.15) is 0 Å². The first-order chi connectivity index (χ1) is 12.9. The molecule has 8 nitrogen and oxygen atoms in total. The lowest BCUT2D eigenvalue weighted by molar-refractivity contribution is -0.384. The zero-order valence-electron chi connectivity index (χ0n) is 14.2. The highest BCUT2D eigenvalue weighted by Crippen LogP contribution is 2.34. The number of imide groups is 1. The van der Waals surface area contributed by atoms with Gasteiger partial charge in [0.2, 0.25) is 5.91 Å². The molecule has 1 aromatic carbocycles. The molecule has 3 amide bonds. The number of hydrogen-bond donors (Lipinski definition) is 0. The molecule has 2 aliphatic heterocycles. The van der Waals surface area contributed by atoms with Gasteiger partial charge in [0.05, 0.1) is 9.83 Å². The molecule has 0 radical (unpaired) electrons. The highest BCUT2D eigenvalue weighted by Gasteiger charge is 2.37. The first-order valence-corrected chi connectivity index (χ1v) is 9.53. The lowest BCUT2D eigenvalue weighted by Crippen LogP contribution is -2.44. The number of amides is 3. The number of nitrogens with zero attached hydrogens (tertiary/aromatic N) is 3. The van der Waals surface area contributed by atoms with E-state index in [9.17, 15) is 24.5 Å². The summed E-state index contributed by atoms with van der Waals surface area (Å²) >= 11 is 6.73. The molecular formula is C17H16ClN3O5S. The van der Waals surface area contributed by atoms with E-state index < -0.39 is 16.1 Å². The van der Waals surface area contributed by atoms with E-state index in [1.54, 1.807) is 4.90 Å². The zero-order valence-corrected chi connectivity index (χ0v) is 15.8. The van der Waals surface area contributed by atoms with Crippen molar-refractivity contribution in [2.24, 2.45) is 0 Å². The summed E-state index contributed by atoms with van der Waals surface area (Å²) in [5, 5.41) is 10.6. The summed E-state index contributed by atoms with van der Waals surface area (Å²) in [5.74, 6) is -0.857. The molecule has 0 atom stereocenters. The number of rotatable bonds is 4. The van der Waals surface area contributed by atoms with Gasteiger partial charge in [0, 0.05) is 35.8 Å². The van der Waals surface area contributed by atoms with Crippen molar-refractivity contribution >= 4 is 52.2 Å². The van der Waals surface area contributed by atoms with Gasteiger partial charge in [0.1, 0.15) is 6.54 Å². The first kappa shape index (κ1) is 19.4. The van der Waals surface area contributed by atoms with Crippen molar-refractivity contribution < 1.29 is 19.3 Å². The minimum absolute atomic E-state index is 0.0776. The van der Waals surface area contributed by atoms with E-state index in [1.165, 1.54) is 24.3 Å². The van der Waals surface area contributed by atoms with Gasteiger partial charge in [-0.05, 0) is 43.2 Å². The van der Waals surface area contributed by atoms with Crippen molar-refractivity contribution in [3.63, 3.8) is 0 Å². The monoisotopic (exact) mass is 409 g/mol. The van der Waals surface area contributed by atoms with Crippen LogP contribution in [0.15, 0.2) is 23.1 Å². The van der Waals surface area contributed by atoms with E-state index >= 15 is 0 Å². The summed E-state index contributed by atoms with van der Waals surface area (Å²) in [6.07, 6.45) is 4.24. The quantitative estimate of drug-likeness (QED) is 0.429. The fraction of sp³-hybridized carbons (Fsp3) is 0.353. The van der Waals surface area contributed by atoms with Crippen LogP contribution < -0.4 is 0 Å². The Hall–Kier alpha value is -2.39. The van der Waals surface area contributed by atoms with Crippen LogP contribution in [0.25, 0.3) is 6.08 Å². The number of piperidine rings is 1. The molecule has 0 aromatic heterocycles. The molecule has 0 N–H and O–H groups in total. The maximum atomic E-state index is 12.5. The molecule has 3 rings (SSSR count). The van der Waals surface area contributed by atoms with Gasteiger partial charge in [-0.3, -0.25) is 29.4 Å². The summed E-state index contributed by atoms with van der Waals surface area (Å²) < 4.78 is 0. The lowest BCUT2D eigenvalue weighted by atomic mass is 10.1. The summed E-state index contributed by atoms with van der Waals surface area (Å²) in [5.41, 5.74) is 0.0869. The number of hydrogen-bond acceptors (Lipinski definition) is 6. The maximum absolute atomic E-state index is 12.5. The molecule has 0 unspecified atom stereocenters. The van der Waals surface area contributed by atoms with Crippen LogP contribution >= 0.6 is 23.4 Å². The number of halogens is 1. The van der Waals surface area contributed by atoms with E-state index in [4.69, 9.17) is 11.6 Å². The molecule has 0 spiro atoms. The van der Waals surface area contributed by atoms with Crippen molar-refractivity contribution in [2.75, 3.05) is 19.6 Å². The highest BCUT2D eigenvalue weighted by atomic mass is 35.5. The van der Waals surface area contributed by atoms with Crippen molar-refractivity contribution in [2.45, 2.75) is 19.3 Å². The molecule has 2 heterocycles. The zero-order chi connectivity index (χ0) is 19.6. The Morgan fingerprint density at radius 3 is 2.63 bits per heavy atom. The van der Waals surface area contributed by atoms with Gasteiger partial charge in [-0.1, -0.05) is 11.6 Å². The van der Waals surface area contributed by atoms with Crippen molar-refractivity contribution in [1.82, 2.24) is 9.80 Å². The summed E-state index contributed by atoms with van der Waals surface area (Å²) in [6.45, 7) is 0.965. The van der Waals surface area contributed by atoms with Crippen molar-refractivity contribution in [1.29, 1.82) is 0 Å². The van der Waals surface area contributed by atoms with Gasteiger partial charge in [0.25, 0.3) is 16.8 Å². The minimum atomic E-state index is -0.599. The number of non-ortho nitro benzene ring substituents is 1. The number of nitro groups is 1. The molecule has 27 heavy (non-hydrogen) atoms. The molecule has 0 aliphatic carbocycles. The van der Waals surface area contributed by atoms with Gasteiger partial charge in [-0.15, -0.1) is 0 Å². The fourth-order valence-electron chi connectivity index (χ4n) is 2.91. The maximum Gasteiger partial charge on any atom is 0.294 e. The first-order valence-electron chi connectivity index (χ1n) is 8.34. The van der Waals surface area contributed by atoms with Gasteiger partial charge >= 0.3 is 0 Å². The van der Waals surface area contributed by atoms with Crippen LogP contribution in [-0.2, 0) is 9.59 Å². The third-order valence-corrected chi connectivity index (χ3v) is 5.60. The average Bonchev–Trinajstić information content (AvgIpc) is 2.91. The number of likely N-dealkylation sites (tertiary alicyclic amines) is 1. The second-order valence-electron chi connectivity index (χ2n) is 6.17. The van der Waals surface area contributed by atoms with E-state index in [2.05, 4.69) is 0 Å². The van der Waals surface area contributed by atoms with E-state index in [1.807, 2.05) is 0 Å². The Morgan fingerprint density at radius 2 is 1.96 bits per heavy atom. The molecule has 2 fully saturated rings. The number of thioether (sulfide) groups is 1. The molecule has 142 valence electrons. The molecule has 1 aromatic rings. The number of nitro benzene ring substituents is 1. The fourth-order valence-corrected chi connectivity index (χ4v) is 3.91. The third kappa shape index (κ3) is 4.30. The smallest absolute Gasteiger partial charge is 0.294 e. The Labute approximate surface area is 164 Å². The van der Waals surface area contributed by atoms with Gasteiger partial charge in [0.15, 0.2) is 0 Å². The summed E-state index contributed by atoms with van der Waals surface area (Å²) in [4.78, 5) is 50.0. The predicted octanol–water partition coefficient (Wildman–Crippen LogP) is 3.30. The highest BCUT2D eigenvalue weighted by molar-refractivity contribution is 8.18. The van der Waals surface area contributed by atoms with Crippen LogP contribution in [-0.4, -0.2) is 51.4 Å². The van der Waals surface area contributed by atoms with Crippen molar-refractivity contribution in [3.8, 4) is 0 Å². The predicted molar refractivity (Wildman–Crippen MR) is 101 cm³/mol. The Kier molecular flexibility index (Phi) is 5.81. The number of benzene rings is 1. The molecule has 0 saturated carbocycles. The molecule has 2 saturated heterocycles. The SMILES string of the molecule is O=C(CN1C(=O)S/C(=C\c2cc([N+](=O)[O-])ccc2Cl)C1=O)N1CCCCC1. The van der Waals surface area contributed by atoms with Gasteiger partial charge < -0.3 is 4.90 Å². The Bertz CT molecular complexity index is 851. The topological polar surface area (TPSA) is 101 Å². The van der Waals surface area contributed by atoms with E-state index in [0.29, 0.717) is 24.9 Å². The van der Waals surface area contributed by atoms with Crippen molar-refractivity contribution in [3.05, 3.63) is 43.8 Å².